The highest BCUT2D eigenvalue weighted by atomic mass is 16.5. The summed E-state index contributed by atoms with van der Waals surface area (Å²) >= 11 is 0. The van der Waals surface area contributed by atoms with Gasteiger partial charge in [-0.15, -0.1) is 0 Å². The van der Waals surface area contributed by atoms with Crippen LogP contribution in [0.25, 0.3) is 0 Å². The van der Waals surface area contributed by atoms with Gasteiger partial charge in [-0.3, -0.25) is 4.98 Å². The molecule has 3 rings (SSSR count). The summed E-state index contributed by atoms with van der Waals surface area (Å²) in [6.45, 7) is 0.797. The molecule has 2 amide bonds. The number of pyridine rings is 1. The Kier molecular flexibility index (Phi) is 5.61. The number of nitrogens with one attached hydrogen (secondary N) is 2. The largest absolute Gasteiger partial charge is 0.489 e. The van der Waals surface area contributed by atoms with E-state index in [1.165, 1.54) is 0 Å². The summed E-state index contributed by atoms with van der Waals surface area (Å²) in [6.07, 6.45) is 3.43. The summed E-state index contributed by atoms with van der Waals surface area (Å²) in [6, 6.07) is 20.6. The smallest absolute Gasteiger partial charge is 0.319 e. The molecule has 0 saturated heterocycles. The second-order valence-corrected chi connectivity index (χ2v) is 5.43. The van der Waals surface area contributed by atoms with Crippen LogP contribution in [-0.4, -0.2) is 11.0 Å². The van der Waals surface area contributed by atoms with E-state index in [1.54, 1.807) is 12.4 Å². The fourth-order valence-corrected chi connectivity index (χ4v) is 2.30. The second kappa shape index (κ2) is 8.49. The first kappa shape index (κ1) is 16.5. The molecule has 1 aromatic heterocycles. The average Bonchev–Trinajstić information content (AvgIpc) is 2.67. The minimum Gasteiger partial charge on any atom is -0.489 e. The van der Waals surface area contributed by atoms with E-state index >= 15 is 0 Å². The van der Waals surface area contributed by atoms with E-state index in [0.717, 1.165) is 22.6 Å². The number of carbonyl (C=O) groups excluding carboxylic acids is 1. The van der Waals surface area contributed by atoms with E-state index in [0.29, 0.717) is 13.2 Å². The fourth-order valence-electron chi connectivity index (χ4n) is 2.30. The molecule has 25 heavy (non-hydrogen) atoms. The molecule has 1 heterocycles. The van der Waals surface area contributed by atoms with E-state index in [-0.39, 0.29) is 6.03 Å². The Morgan fingerprint density at radius 3 is 2.56 bits per heavy atom. The van der Waals surface area contributed by atoms with Crippen LogP contribution in [0, 0.1) is 0 Å². The molecule has 0 radical (unpaired) electrons. The van der Waals surface area contributed by atoms with E-state index in [2.05, 4.69) is 15.6 Å². The van der Waals surface area contributed by atoms with Gasteiger partial charge >= 0.3 is 6.03 Å². The lowest BCUT2D eigenvalue weighted by atomic mass is 10.2. The lowest BCUT2D eigenvalue weighted by Crippen LogP contribution is -2.28. The molecule has 0 spiro atoms. The third-order valence-corrected chi connectivity index (χ3v) is 3.58. The molecule has 0 aliphatic rings. The molecular weight excluding hydrogens is 314 g/mol. The zero-order valence-electron chi connectivity index (χ0n) is 13.7. The van der Waals surface area contributed by atoms with Crippen LogP contribution in [0.4, 0.5) is 10.5 Å². The van der Waals surface area contributed by atoms with Crippen molar-refractivity contribution >= 4 is 11.7 Å². The highest BCUT2D eigenvalue weighted by molar-refractivity contribution is 5.90. The van der Waals surface area contributed by atoms with Gasteiger partial charge in [-0.05, 0) is 29.8 Å². The molecule has 2 aromatic carbocycles. The maximum Gasteiger partial charge on any atom is 0.319 e. The number of ether oxygens (including phenoxy) is 1. The number of aromatic nitrogens is 1. The fraction of sp³-hybridized carbons (Fsp3) is 0.100. The van der Waals surface area contributed by atoms with Crippen LogP contribution in [0.1, 0.15) is 11.1 Å². The third-order valence-electron chi connectivity index (χ3n) is 3.58. The lowest BCUT2D eigenvalue weighted by molar-refractivity contribution is 0.251. The predicted molar refractivity (Wildman–Crippen MR) is 97.3 cm³/mol. The van der Waals surface area contributed by atoms with Crippen molar-refractivity contribution < 1.29 is 9.53 Å². The van der Waals surface area contributed by atoms with Crippen LogP contribution in [0.15, 0.2) is 79.1 Å². The van der Waals surface area contributed by atoms with Gasteiger partial charge in [0.15, 0.2) is 0 Å². The summed E-state index contributed by atoms with van der Waals surface area (Å²) in [5.41, 5.74) is 2.57. The number of amides is 2. The second-order valence-electron chi connectivity index (χ2n) is 5.43. The summed E-state index contributed by atoms with van der Waals surface area (Å²) in [5.74, 6) is 0.790. The number of carbonyl (C=O) groups is 1. The van der Waals surface area contributed by atoms with Crippen molar-refractivity contribution in [1.82, 2.24) is 10.3 Å². The predicted octanol–water partition coefficient (Wildman–Crippen LogP) is 3.98. The Hall–Kier alpha value is -3.34. The number of hydrogen-bond donors (Lipinski definition) is 2. The normalized spacial score (nSPS) is 10.1. The number of nitrogens with zero attached hydrogens (tertiary/aromatic N) is 1. The van der Waals surface area contributed by atoms with Gasteiger partial charge in [-0.1, -0.05) is 42.5 Å². The van der Waals surface area contributed by atoms with Gasteiger partial charge < -0.3 is 15.4 Å². The first-order chi connectivity index (χ1) is 12.3. The van der Waals surface area contributed by atoms with Crippen molar-refractivity contribution in [2.75, 3.05) is 5.32 Å². The van der Waals surface area contributed by atoms with Gasteiger partial charge in [0.1, 0.15) is 12.4 Å². The number of rotatable bonds is 6. The monoisotopic (exact) mass is 333 g/mol. The van der Waals surface area contributed by atoms with Crippen molar-refractivity contribution in [3.8, 4) is 5.75 Å². The Labute approximate surface area is 146 Å². The lowest BCUT2D eigenvalue weighted by Gasteiger charge is -2.13. The Bertz CT molecular complexity index is 807. The van der Waals surface area contributed by atoms with Crippen LogP contribution in [0.3, 0.4) is 0 Å². The van der Waals surface area contributed by atoms with Gasteiger partial charge in [-0.2, -0.15) is 0 Å². The van der Waals surface area contributed by atoms with Crippen molar-refractivity contribution in [3.05, 3.63) is 90.3 Å². The van der Waals surface area contributed by atoms with E-state index in [9.17, 15) is 4.79 Å². The Morgan fingerprint density at radius 2 is 1.76 bits per heavy atom. The number of hydrogen-bond acceptors (Lipinski definition) is 3. The molecule has 3 aromatic rings. The summed E-state index contributed by atoms with van der Waals surface area (Å²) in [5, 5.41) is 5.68. The van der Waals surface area contributed by atoms with Crippen LogP contribution in [0.2, 0.25) is 0 Å². The molecule has 5 nitrogen and oxygen atoms in total. The molecule has 0 fully saturated rings. The zero-order chi connectivity index (χ0) is 17.3. The highest BCUT2D eigenvalue weighted by Crippen LogP contribution is 2.18. The summed E-state index contributed by atoms with van der Waals surface area (Å²) in [7, 11) is 0. The number of anilines is 1. The van der Waals surface area contributed by atoms with Crippen molar-refractivity contribution in [2.45, 2.75) is 13.2 Å². The molecule has 0 unspecified atom stereocenters. The summed E-state index contributed by atoms with van der Waals surface area (Å²) in [4.78, 5) is 16.2. The molecule has 0 atom stereocenters. The standard InChI is InChI=1S/C20H19N3O2/c24-20(22-14-16-7-6-12-21-13-16)23-19-11-5-4-8-17(19)15-25-18-9-2-1-3-10-18/h1-13H,14-15H2,(H2,22,23,24). The van der Waals surface area contributed by atoms with Crippen LogP contribution < -0.4 is 15.4 Å². The Balaban J connectivity index is 1.57. The van der Waals surface area contributed by atoms with Gasteiger partial charge in [0, 0.05) is 30.2 Å². The van der Waals surface area contributed by atoms with E-state index in [4.69, 9.17) is 4.74 Å². The van der Waals surface area contributed by atoms with Gasteiger partial charge in [-0.25, -0.2) is 4.79 Å². The minimum atomic E-state index is -0.268. The van der Waals surface area contributed by atoms with Gasteiger partial charge in [0.05, 0.1) is 0 Å². The summed E-state index contributed by atoms with van der Waals surface area (Å²) < 4.78 is 5.76. The first-order valence-corrected chi connectivity index (χ1v) is 8.01. The molecule has 0 aliphatic carbocycles. The first-order valence-electron chi connectivity index (χ1n) is 8.01. The maximum atomic E-state index is 12.1. The van der Waals surface area contributed by atoms with E-state index < -0.39 is 0 Å². The van der Waals surface area contributed by atoms with Gasteiger partial charge in [0.2, 0.25) is 0 Å². The zero-order valence-corrected chi connectivity index (χ0v) is 13.7. The molecule has 126 valence electrons. The number of benzene rings is 2. The minimum absolute atomic E-state index is 0.268. The molecule has 2 N–H and O–H groups in total. The quantitative estimate of drug-likeness (QED) is 0.717. The molecular formula is C20H19N3O2. The molecule has 0 bridgehead atoms. The SMILES string of the molecule is O=C(NCc1cccnc1)Nc1ccccc1COc1ccccc1. The van der Waals surface area contributed by atoms with Crippen molar-refractivity contribution in [2.24, 2.45) is 0 Å². The van der Waals surface area contributed by atoms with Crippen LogP contribution in [0.5, 0.6) is 5.75 Å². The third kappa shape index (κ3) is 5.07. The number of urea groups is 1. The van der Waals surface area contributed by atoms with Crippen molar-refractivity contribution in [1.29, 1.82) is 0 Å². The highest BCUT2D eigenvalue weighted by Gasteiger charge is 2.07. The van der Waals surface area contributed by atoms with E-state index in [1.807, 2.05) is 66.7 Å². The van der Waals surface area contributed by atoms with Gasteiger partial charge in [0.25, 0.3) is 0 Å². The Morgan fingerprint density at radius 1 is 0.960 bits per heavy atom. The molecule has 5 heteroatoms. The van der Waals surface area contributed by atoms with Crippen LogP contribution in [-0.2, 0) is 13.2 Å². The molecule has 0 aliphatic heterocycles. The van der Waals surface area contributed by atoms with Crippen LogP contribution >= 0.6 is 0 Å². The average molecular weight is 333 g/mol. The topological polar surface area (TPSA) is 63.2 Å². The maximum absolute atomic E-state index is 12.1. The number of para-hydroxylation sites is 2. The van der Waals surface area contributed by atoms with Crippen molar-refractivity contribution in [3.63, 3.8) is 0 Å². The molecule has 0 saturated carbocycles.